The van der Waals surface area contributed by atoms with Crippen molar-refractivity contribution in [2.75, 3.05) is 43.4 Å². The van der Waals surface area contributed by atoms with E-state index in [9.17, 15) is 9.59 Å². The van der Waals surface area contributed by atoms with Gasteiger partial charge in [-0.3, -0.25) is 9.59 Å². The van der Waals surface area contributed by atoms with Gasteiger partial charge in [-0.15, -0.1) is 0 Å². The van der Waals surface area contributed by atoms with E-state index in [2.05, 4.69) is 35.2 Å². The third-order valence-corrected chi connectivity index (χ3v) is 4.71. The Balaban J connectivity index is 1.78. The zero-order chi connectivity index (χ0) is 18.7. The highest BCUT2D eigenvalue weighted by Gasteiger charge is 2.16. The summed E-state index contributed by atoms with van der Waals surface area (Å²) in [6.45, 7) is 6.08. The van der Waals surface area contributed by atoms with Gasteiger partial charge in [-0.25, -0.2) is 4.98 Å². The van der Waals surface area contributed by atoms with Crippen LogP contribution in [0, 0.1) is 6.92 Å². The number of aromatic nitrogens is 1. The molecule has 0 aliphatic carbocycles. The number of aryl methyl sites for hydroxylation is 1. The predicted octanol–water partition coefficient (Wildman–Crippen LogP) is 1.50. The summed E-state index contributed by atoms with van der Waals surface area (Å²) in [5, 5.41) is 3.82. The van der Waals surface area contributed by atoms with Crippen LogP contribution in [0.25, 0.3) is 10.9 Å². The summed E-state index contributed by atoms with van der Waals surface area (Å²) in [6.07, 6.45) is 0.140. The van der Waals surface area contributed by atoms with Crippen molar-refractivity contribution in [1.29, 1.82) is 0 Å². The molecule has 1 aromatic heterocycles. The number of pyridine rings is 1. The Morgan fingerprint density at radius 2 is 1.88 bits per heavy atom. The second-order valence-corrected chi connectivity index (χ2v) is 6.83. The maximum absolute atomic E-state index is 11.9. The number of hydrogen-bond acceptors (Lipinski definition) is 5. The lowest BCUT2D eigenvalue weighted by atomic mass is 10.1. The van der Waals surface area contributed by atoms with Crippen molar-refractivity contribution in [3.8, 4) is 0 Å². The maximum atomic E-state index is 11.9. The molecule has 0 bridgehead atoms. The monoisotopic (exact) mass is 355 g/mol. The van der Waals surface area contributed by atoms with E-state index in [1.807, 2.05) is 18.2 Å². The van der Waals surface area contributed by atoms with Gasteiger partial charge in [-0.2, -0.15) is 0 Å². The van der Waals surface area contributed by atoms with Crippen LogP contribution in [0.4, 0.5) is 11.5 Å². The number of likely N-dealkylation sites (N-methyl/N-ethyl adjacent to an activating group) is 1. The smallest absolute Gasteiger partial charge is 0.224 e. The van der Waals surface area contributed by atoms with Crippen LogP contribution in [0.3, 0.4) is 0 Å². The number of benzene rings is 1. The lowest BCUT2D eigenvalue weighted by Gasteiger charge is -2.33. The van der Waals surface area contributed by atoms with E-state index in [1.165, 1.54) is 0 Å². The first-order chi connectivity index (χ1) is 12.4. The summed E-state index contributed by atoms with van der Waals surface area (Å²) in [5.41, 5.74) is 7.81. The minimum absolute atomic E-state index is 0.0500. The molecule has 7 nitrogen and oxygen atoms in total. The van der Waals surface area contributed by atoms with Gasteiger partial charge in [-0.05, 0) is 43.8 Å². The number of piperazine rings is 1. The number of nitrogens with two attached hydrogens (primary N) is 1. The fourth-order valence-electron chi connectivity index (χ4n) is 3.11. The number of fused-ring (bicyclic) bond motifs is 1. The van der Waals surface area contributed by atoms with Crippen LogP contribution in [-0.2, 0) is 9.59 Å². The molecule has 1 fully saturated rings. The van der Waals surface area contributed by atoms with Gasteiger partial charge in [0.15, 0.2) is 0 Å². The number of nitrogens with one attached hydrogen (secondary N) is 1. The number of amides is 2. The number of anilines is 2. The van der Waals surface area contributed by atoms with E-state index < -0.39 is 5.91 Å². The highest BCUT2D eigenvalue weighted by atomic mass is 16.2. The quantitative estimate of drug-likeness (QED) is 0.848. The van der Waals surface area contributed by atoms with E-state index in [0.717, 1.165) is 48.5 Å². The fraction of sp³-hybridized carbons (Fsp3) is 0.421. The minimum Gasteiger partial charge on any atom is -0.370 e. The molecule has 3 rings (SSSR count). The predicted molar refractivity (Wildman–Crippen MR) is 103 cm³/mol. The minimum atomic E-state index is -0.477. The molecule has 0 atom stereocenters. The summed E-state index contributed by atoms with van der Waals surface area (Å²) in [7, 11) is 2.13. The van der Waals surface area contributed by atoms with Gasteiger partial charge in [0, 0.05) is 50.1 Å². The molecule has 3 N–H and O–H groups in total. The topological polar surface area (TPSA) is 91.6 Å². The lowest BCUT2D eigenvalue weighted by Crippen LogP contribution is -2.44. The van der Waals surface area contributed by atoms with Crippen LogP contribution in [0.15, 0.2) is 24.3 Å². The number of hydrogen-bond donors (Lipinski definition) is 2. The average Bonchev–Trinajstić information content (AvgIpc) is 2.61. The zero-order valence-corrected chi connectivity index (χ0v) is 15.3. The van der Waals surface area contributed by atoms with Crippen LogP contribution < -0.4 is 16.0 Å². The Labute approximate surface area is 153 Å². The highest BCUT2D eigenvalue weighted by Crippen LogP contribution is 2.26. The number of nitrogens with zero attached hydrogens (tertiary/aromatic N) is 3. The highest BCUT2D eigenvalue weighted by molar-refractivity contribution is 5.96. The Kier molecular flexibility index (Phi) is 5.37. The van der Waals surface area contributed by atoms with Crippen LogP contribution in [0.5, 0.6) is 0 Å². The molecule has 0 spiro atoms. The Morgan fingerprint density at radius 1 is 1.15 bits per heavy atom. The number of carbonyl (C=O) groups excluding carboxylic acids is 2. The first-order valence-electron chi connectivity index (χ1n) is 8.85. The van der Waals surface area contributed by atoms with Gasteiger partial charge in [0.05, 0.1) is 5.52 Å². The third kappa shape index (κ3) is 4.29. The van der Waals surface area contributed by atoms with Crippen molar-refractivity contribution >= 4 is 34.2 Å². The molecule has 2 heterocycles. The molecule has 2 aromatic rings. The summed E-state index contributed by atoms with van der Waals surface area (Å²) in [6, 6.07) is 7.79. The average molecular weight is 355 g/mol. The van der Waals surface area contributed by atoms with Gasteiger partial charge < -0.3 is 20.9 Å². The van der Waals surface area contributed by atoms with Crippen molar-refractivity contribution in [2.45, 2.75) is 19.8 Å². The van der Waals surface area contributed by atoms with E-state index in [1.54, 1.807) is 0 Å². The largest absolute Gasteiger partial charge is 0.370 e. The van der Waals surface area contributed by atoms with Gasteiger partial charge in [0.2, 0.25) is 11.8 Å². The lowest BCUT2D eigenvalue weighted by molar-refractivity contribution is -0.122. The molecule has 1 aliphatic heterocycles. The van der Waals surface area contributed by atoms with E-state index >= 15 is 0 Å². The Morgan fingerprint density at radius 3 is 2.58 bits per heavy atom. The normalized spacial score (nSPS) is 15.2. The van der Waals surface area contributed by atoms with Crippen molar-refractivity contribution in [1.82, 2.24) is 9.88 Å². The molecular weight excluding hydrogens is 330 g/mol. The van der Waals surface area contributed by atoms with Crippen molar-refractivity contribution in [2.24, 2.45) is 5.73 Å². The van der Waals surface area contributed by atoms with Crippen molar-refractivity contribution in [3.63, 3.8) is 0 Å². The molecular formula is C19H25N5O2. The first kappa shape index (κ1) is 18.1. The van der Waals surface area contributed by atoms with Crippen LogP contribution in [0.2, 0.25) is 0 Å². The first-order valence-corrected chi connectivity index (χ1v) is 8.85. The summed E-state index contributed by atoms with van der Waals surface area (Å²) in [5.74, 6) is 0.305. The molecule has 0 radical (unpaired) electrons. The number of rotatable bonds is 5. The second kappa shape index (κ2) is 7.70. The molecule has 2 amide bonds. The van der Waals surface area contributed by atoms with E-state index in [0.29, 0.717) is 5.69 Å². The molecule has 7 heteroatoms. The third-order valence-electron chi connectivity index (χ3n) is 4.71. The number of carbonyl (C=O) groups is 2. The zero-order valence-electron chi connectivity index (χ0n) is 15.3. The van der Waals surface area contributed by atoms with Gasteiger partial charge in [-0.1, -0.05) is 0 Å². The van der Waals surface area contributed by atoms with E-state index in [4.69, 9.17) is 10.7 Å². The SMILES string of the molecule is Cc1cc(N2CCN(C)CC2)nc2ccc(NC(=O)CCC(N)=O)cc12. The molecule has 138 valence electrons. The second-order valence-electron chi connectivity index (χ2n) is 6.83. The standard InChI is InChI=1S/C19H25N5O2/c1-13-11-18(24-9-7-23(2)8-10-24)22-16-4-3-14(12-15(13)16)21-19(26)6-5-17(20)25/h3-4,11-12H,5-10H2,1-2H3,(H2,20,25)(H,21,26). The van der Waals surface area contributed by atoms with E-state index in [-0.39, 0.29) is 18.7 Å². The fourth-order valence-corrected chi connectivity index (χ4v) is 3.11. The molecule has 1 saturated heterocycles. The van der Waals surface area contributed by atoms with Crippen LogP contribution in [0.1, 0.15) is 18.4 Å². The molecule has 26 heavy (non-hydrogen) atoms. The van der Waals surface area contributed by atoms with Crippen molar-refractivity contribution < 1.29 is 9.59 Å². The summed E-state index contributed by atoms with van der Waals surface area (Å²) in [4.78, 5) is 32.1. The van der Waals surface area contributed by atoms with Gasteiger partial charge in [0.25, 0.3) is 0 Å². The molecule has 0 unspecified atom stereocenters. The summed E-state index contributed by atoms with van der Waals surface area (Å²) >= 11 is 0. The van der Waals surface area contributed by atoms with Gasteiger partial charge >= 0.3 is 0 Å². The maximum Gasteiger partial charge on any atom is 0.224 e. The summed E-state index contributed by atoms with van der Waals surface area (Å²) < 4.78 is 0. The van der Waals surface area contributed by atoms with Crippen LogP contribution in [-0.4, -0.2) is 54.9 Å². The molecule has 1 aromatic carbocycles. The van der Waals surface area contributed by atoms with Crippen LogP contribution >= 0.6 is 0 Å². The molecule has 0 saturated carbocycles. The Bertz CT molecular complexity index is 828. The number of primary amides is 1. The Hall–Kier alpha value is -2.67. The van der Waals surface area contributed by atoms with Gasteiger partial charge in [0.1, 0.15) is 5.82 Å². The van der Waals surface area contributed by atoms with Crippen molar-refractivity contribution in [3.05, 3.63) is 29.8 Å². The molecule has 1 aliphatic rings.